The van der Waals surface area contributed by atoms with Crippen LogP contribution in [0.3, 0.4) is 0 Å². The number of aromatic nitrogens is 2. The molecule has 0 fully saturated rings. The summed E-state index contributed by atoms with van der Waals surface area (Å²) in [6.07, 6.45) is 7.03. The van der Waals surface area contributed by atoms with Crippen molar-refractivity contribution in [3.05, 3.63) is 66.4 Å². The van der Waals surface area contributed by atoms with E-state index in [1.807, 2.05) is 29.2 Å². The number of aliphatic hydroxyl groups excluding tert-OH is 1. The predicted molar refractivity (Wildman–Crippen MR) is 91.3 cm³/mol. The third-order valence-electron chi connectivity index (χ3n) is 3.55. The van der Waals surface area contributed by atoms with E-state index >= 15 is 0 Å². The van der Waals surface area contributed by atoms with Crippen molar-refractivity contribution in [1.82, 2.24) is 14.9 Å². The molecule has 0 radical (unpaired) electrons. The highest BCUT2D eigenvalue weighted by atomic mass is 32.2. The standard InChI is InChI=1S/C17H17N3O3S/c1-24-17-18-7-8-20(17)13-5-2-4-12(10-13)16(22)19-14(11-21)15-6-3-9-23-15/h2-10,14,21H,11H2,1H3,(H,19,22). The van der Waals surface area contributed by atoms with Crippen LogP contribution >= 0.6 is 11.8 Å². The maximum Gasteiger partial charge on any atom is 0.252 e. The normalized spacial score (nSPS) is 12.1. The zero-order valence-electron chi connectivity index (χ0n) is 13.0. The zero-order valence-corrected chi connectivity index (χ0v) is 13.9. The number of imidazole rings is 1. The van der Waals surface area contributed by atoms with Gasteiger partial charge in [0, 0.05) is 23.6 Å². The Morgan fingerprint density at radius 1 is 1.42 bits per heavy atom. The van der Waals surface area contributed by atoms with Crippen LogP contribution in [0, 0.1) is 0 Å². The van der Waals surface area contributed by atoms with E-state index in [4.69, 9.17) is 4.42 Å². The average Bonchev–Trinajstić information content (AvgIpc) is 3.30. The van der Waals surface area contributed by atoms with Gasteiger partial charge in [-0.1, -0.05) is 17.8 Å². The molecule has 1 atom stereocenters. The smallest absolute Gasteiger partial charge is 0.252 e. The summed E-state index contributed by atoms with van der Waals surface area (Å²) in [4.78, 5) is 16.8. The first-order valence-electron chi connectivity index (χ1n) is 7.36. The number of nitrogens with one attached hydrogen (secondary N) is 1. The molecule has 6 nitrogen and oxygen atoms in total. The lowest BCUT2D eigenvalue weighted by Crippen LogP contribution is -2.30. The Hall–Kier alpha value is -2.51. The van der Waals surface area contributed by atoms with Crippen molar-refractivity contribution < 1.29 is 14.3 Å². The molecular weight excluding hydrogens is 326 g/mol. The van der Waals surface area contributed by atoms with Crippen LogP contribution in [-0.4, -0.2) is 33.4 Å². The Morgan fingerprint density at radius 3 is 3.00 bits per heavy atom. The summed E-state index contributed by atoms with van der Waals surface area (Å²) in [5, 5.41) is 13.1. The largest absolute Gasteiger partial charge is 0.467 e. The van der Waals surface area contributed by atoms with Gasteiger partial charge in [0.25, 0.3) is 5.91 Å². The highest BCUT2D eigenvalue weighted by Gasteiger charge is 2.17. The lowest BCUT2D eigenvalue weighted by Gasteiger charge is -2.14. The molecule has 1 amide bonds. The molecule has 2 aromatic heterocycles. The van der Waals surface area contributed by atoms with Gasteiger partial charge < -0.3 is 14.8 Å². The number of carbonyl (C=O) groups is 1. The molecule has 0 aliphatic heterocycles. The first-order chi connectivity index (χ1) is 11.7. The molecule has 0 bridgehead atoms. The van der Waals surface area contributed by atoms with Crippen LogP contribution in [-0.2, 0) is 0 Å². The van der Waals surface area contributed by atoms with Crippen molar-refractivity contribution in [3.63, 3.8) is 0 Å². The number of nitrogens with zero attached hydrogens (tertiary/aromatic N) is 2. The number of hydrogen-bond donors (Lipinski definition) is 2. The number of rotatable bonds is 6. The summed E-state index contributed by atoms with van der Waals surface area (Å²) >= 11 is 1.53. The molecule has 3 aromatic rings. The van der Waals surface area contributed by atoms with E-state index in [1.54, 1.807) is 30.5 Å². The predicted octanol–water partition coefficient (Wildman–Crippen LogP) is 2.65. The molecule has 0 aliphatic carbocycles. The molecule has 0 saturated carbocycles. The molecule has 0 aliphatic rings. The van der Waals surface area contributed by atoms with Crippen LogP contribution in [0.4, 0.5) is 0 Å². The van der Waals surface area contributed by atoms with Gasteiger partial charge in [-0.3, -0.25) is 9.36 Å². The van der Waals surface area contributed by atoms with Crippen molar-refractivity contribution in [2.24, 2.45) is 0 Å². The molecule has 0 saturated heterocycles. The fourth-order valence-corrected chi connectivity index (χ4v) is 2.90. The number of aliphatic hydroxyl groups is 1. The van der Waals surface area contributed by atoms with Crippen molar-refractivity contribution in [2.75, 3.05) is 12.9 Å². The lowest BCUT2D eigenvalue weighted by atomic mass is 10.1. The van der Waals surface area contributed by atoms with Gasteiger partial charge in [0.1, 0.15) is 11.8 Å². The Morgan fingerprint density at radius 2 is 2.29 bits per heavy atom. The van der Waals surface area contributed by atoms with Crippen LogP contribution < -0.4 is 5.32 Å². The zero-order chi connectivity index (χ0) is 16.9. The fraction of sp³-hybridized carbons (Fsp3) is 0.176. The maximum absolute atomic E-state index is 12.5. The molecule has 1 aromatic carbocycles. The quantitative estimate of drug-likeness (QED) is 0.673. The van der Waals surface area contributed by atoms with Crippen molar-refractivity contribution in [1.29, 1.82) is 0 Å². The number of thioether (sulfide) groups is 1. The second-order valence-corrected chi connectivity index (χ2v) is 5.83. The second-order valence-electron chi connectivity index (χ2n) is 5.06. The molecule has 1 unspecified atom stereocenters. The minimum Gasteiger partial charge on any atom is -0.467 e. The molecule has 24 heavy (non-hydrogen) atoms. The van der Waals surface area contributed by atoms with Gasteiger partial charge in [-0.2, -0.15) is 0 Å². The molecule has 3 rings (SSSR count). The Kier molecular flexibility index (Phi) is 5.02. The summed E-state index contributed by atoms with van der Waals surface area (Å²) < 4.78 is 7.16. The van der Waals surface area contributed by atoms with E-state index in [-0.39, 0.29) is 12.5 Å². The van der Waals surface area contributed by atoms with Crippen molar-refractivity contribution in [2.45, 2.75) is 11.2 Å². The van der Waals surface area contributed by atoms with Crippen LogP contribution in [0.1, 0.15) is 22.2 Å². The highest BCUT2D eigenvalue weighted by molar-refractivity contribution is 7.98. The molecule has 2 N–H and O–H groups in total. The van der Waals surface area contributed by atoms with Crippen LogP contribution in [0.25, 0.3) is 5.69 Å². The third-order valence-corrected chi connectivity index (χ3v) is 4.22. The minimum absolute atomic E-state index is 0.239. The molecule has 0 spiro atoms. The number of furan rings is 1. The van der Waals surface area contributed by atoms with E-state index in [9.17, 15) is 9.90 Å². The van der Waals surface area contributed by atoms with Gasteiger partial charge >= 0.3 is 0 Å². The topological polar surface area (TPSA) is 80.3 Å². The Bertz CT molecular complexity index is 814. The maximum atomic E-state index is 12.5. The van der Waals surface area contributed by atoms with E-state index < -0.39 is 6.04 Å². The summed E-state index contributed by atoms with van der Waals surface area (Å²) in [7, 11) is 0. The van der Waals surface area contributed by atoms with Crippen molar-refractivity contribution in [3.8, 4) is 5.69 Å². The lowest BCUT2D eigenvalue weighted by molar-refractivity contribution is 0.0907. The summed E-state index contributed by atoms with van der Waals surface area (Å²) in [5.74, 6) is 0.236. The van der Waals surface area contributed by atoms with Gasteiger partial charge in [-0.25, -0.2) is 4.98 Å². The minimum atomic E-state index is -0.578. The third kappa shape index (κ3) is 3.37. The fourth-order valence-electron chi connectivity index (χ4n) is 2.37. The van der Waals surface area contributed by atoms with E-state index in [0.29, 0.717) is 11.3 Å². The van der Waals surface area contributed by atoms with Gasteiger partial charge in [-0.05, 0) is 36.6 Å². The first kappa shape index (κ1) is 16.4. The van der Waals surface area contributed by atoms with Crippen LogP contribution in [0.5, 0.6) is 0 Å². The summed E-state index contributed by atoms with van der Waals surface area (Å²) in [6, 6.07) is 10.1. The van der Waals surface area contributed by atoms with E-state index in [1.165, 1.54) is 18.0 Å². The van der Waals surface area contributed by atoms with Gasteiger partial charge in [0.15, 0.2) is 5.16 Å². The molecule has 7 heteroatoms. The van der Waals surface area contributed by atoms with Gasteiger partial charge in [0.05, 0.1) is 12.9 Å². The second kappa shape index (κ2) is 7.37. The summed E-state index contributed by atoms with van der Waals surface area (Å²) in [5.41, 5.74) is 1.35. The molecular formula is C17H17N3O3S. The average molecular weight is 343 g/mol. The van der Waals surface area contributed by atoms with Crippen molar-refractivity contribution >= 4 is 17.7 Å². The first-order valence-corrected chi connectivity index (χ1v) is 8.58. The van der Waals surface area contributed by atoms with Gasteiger partial charge in [-0.15, -0.1) is 0 Å². The Balaban J connectivity index is 1.82. The van der Waals surface area contributed by atoms with E-state index in [2.05, 4.69) is 10.3 Å². The van der Waals surface area contributed by atoms with Crippen LogP contribution in [0.2, 0.25) is 0 Å². The number of hydrogen-bond acceptors (Lipinski definition) is 5. The van der Waals surface area contributed by atoms with Crippen LogP contribution in [0.15, 0.2) is 64.6 Å². The highest BCUT2D eigenvalue weighted by Crippen LogP contribution is 2.19. The van der Waals surface area contributed by atoms with Gasteiger partial charge in [0.2, 0.25) is 0 Å². The summed E-state index contributed by atoms with van der Waals surface area (Å²) in [6.45, 7) is -0.239. The number of amides is 1. The molecule has 124 valence electrons. The van der Waals surface area contributed by atoms with E-state index in [0.717, 1.165) is 10.8 Å². The monoisotopic (exact) mass is 343 g/mol. The SMILES string of the molecule is CSc1nccn1-c1cccc(C(=O)NC(CO)c2ccco2)c1. The number of benzene rings is 1. The Labute approximate surface area is 143 Å². The number of carbonyl (C=O) groups excluding carboxylic acids is 1. The molecule has 2 heterocycles.